The van der Waals surface area contributed by atoms with E-state index in [1.54, 1.807) is 4.90 Å². The number of amides is 1. The van der Waals surface area contributed by atoms with Crippen LogP contribution in [0.15, 0.2) is 4.34 Å². The first-order chi connectivity index (χ1) is 10.1. The Hall–Kier alpha value is -1.15. The van der Waals surface area contributed by atoms with Gasteiger partial charge in [-0.2, -0.15) is 0 Å². The number of nitrogens with zero attached hydrogens (tertiary/aromatic N) is 3. The number of carbonyl (C=O) groups is 2. The third kappa shape index (κ3) is 3.21. The van der Waals surface area contributed by atoms with E-state index in [0.717, 1.165) is 17.2 Å². The molecule has 1 saturated carbocycles. The first-order valence-electron chi connectivity index (χ1n) is 7.11. The summed E-state index contributed by atoms with van der Waals surface area (Å²) in [6, 6.07) is 0.278. The summed E-state index contributed by atoms with van der Waals surface area (Å²) in [7, 11) is 0. The number of cyclic esters (lactones) is 1. The smallest absolute Gasteiger partial charge is 0.319 e. The SMILES string of the molecule is CCC(=O)N(c1nnc(S[C@H]2C[C@@H](C)OC2=O)s1)C1CC1. The Morgan fingerprint density at radius 3 is 2.81 bits per heavy atom. The van der Waals surface area contributed by atoms with Crippen LogP contribution in [-0.4, -0.2) is 39.5 Å². The Morgan fingerprint density at radius 1 is 1.48 bits per heavy atom. The zero-order chi connectivity index (χ0) is 15.0. The van der Waals surface area contributed by atoms with Crippen LogP contribution in [0.3, 0.4) is 0 Å². The third-order valence-corrected chi connectivity index (χ3v) is 5.66. The maximum atomic E-state index is 12.0. The summed E-state index contributed by atoms with van der Waals surface area (Å²) >= 11 is 2.77. The van der Waals surface area contributed by atoms with Crippen LogP contribution in [0.4, 0.5) is 5.13 Å². The maximum Gasteiger partial charge on any atom is 0.319 e. The van der Waals surface area contributed by atoms with E-state index in [0.29, 0.717) is 18.0 Å². The molecule has 0 unspecified atom stereocenters. The average Bonchev–Trinajstić information content (AvgIpc) is 3.09. The minimum Gasteiger partial charge on any atom is -0.462 e. The largest absolute Gasteiger partial charge is 0.462 e. The minimum atomic E-state index is -0.211. The first kappa shape index (κ1) is 14.8. The van der Waals surface area contributed by atoms with Gasteiger partial charge in [0, 0.05) is 18.9 Å². The normalized spacial score (nSPS) is 25.0. The molecule has 1 aromatic rings. The highest BCUT2D eigenvalue weighted by atomic mass is 32.2. The lowest BCUT2D eigenvalue weighted by molar-refractivity contribution is -0.140. The number of rotatable bonds is 5. The fourth-order valence-corrected chi connectivity index (χ4v) is 4.54. The molecule has 21 heavy (non-hydrogen) atoms. The van der Waals surface area contributed by atoms with Gasteiger partial charge in [-0.1, -0.05) is 30.0 Å². The van der Waals surface area contributed by atoms with Crippen LogP contribution in [0.25, 0.3) is 0 Å². The Balaban J connectivity index is 1.70. The number of ether oxygens (including phenoxy) is 1. The lowest BCUT2D eigenvalue weighted by Gasteiger charge is -2.17. The van der Waals surface area contributed by atoms with E-state index >= 15 is 0 Å². The zero-order valence-corrected chi connectivity index (χ0v) is 13.6. The molecule has 0 radical (unpaired) electrons. The number of carbonyl (C=O) groups excluding carboxylic acids is 2. The molecule has 1 amide bonds. The van der Waals surface area contributed by atoms with Crippen LogP contribution in [0.2, 0.25) is 0 Å². The third-order valence-electron chi connectivity index (χ3n) is 3.45. The number of hydrogen-bond donors (Lipinski definition) is 0. The highest BCUT2D eigenvalue weighted by molar-refractivity contribution is 8.02. The van der Waals surface area contributed by atoms with E-state index in [-0.39, 0.29) is 29.3 Å². The van der Waals surface area contributed by atoms with E-state index in [4.69, 9.17) is 4.74 Å². The number of aromatic nitrogens is 2. The maximum absolute atomic E-state index is 12.0. The number of esters is 1. The van der Waals surface area contributed by atoms with E-state index in [2.05, 4.69) is 10.2 Å². The molecule has 114 valence electrons. The molecule has 2 heterocycles. The van der Waals surface area contributed by atoms with E-state index in [1.807, 2.05) is 13.8 Å². The first-order valence-corrected chi connectivity index (χ1v) is 8.80. The summed E-state index contributed by atoms with van der Waals surface area (Å²) in [6.07, 6.45) is 3.18. The van der Waals surface area contributed by atoms with E-state index in [1.165, 1.54) is 23.1 Å². The molecular formula is C13H17N3O3S2. The van der Waals surface area contributed by atoms with Crippen molar-refractivity contribution in [1.29, 1.82) is 0 Å². The molecule has 0 aromatic carbocycles. The predicted molar refractivity (Wildman–Crippen MR) is 80.5 cm³/mol. The van der Waals surface area contributed by atoms with Crippen LogP contribution in [0.1, 0.15) is 39.5 Å². The van der Waals surface area contributed by atoms with Gasteiger partial charge in [-0.15, -0.1) is 10.2 Å². The molecule has 6 nitrogen and oxygen atoms in total. The van der Waals surface area contributed by atoms with Crippen molar-refractivity contribution in [2.45, 2.75) is 61.3 Å². The van der Waals surface area contributed by atoms with Gasteiger partial charge in [-0.05, 0) is 19.8 Å². The fraction of sp³-hybridized carbons (Fsp3) is 0.692. The number of hydrogen-bond acceptors (Lipinski definition) is 7. The molecule has 1 aromatic heterocycles. The molecule has 0 spiro atoms. The average molecular weight is 327 g/mol. The fourth-order valence-electron chi connectivity index (χ4n) is 2.25. The number of anilines is 1. The Kier molecular flexibility index (Phi) is 4.17. The molecule has 3 rings (SSSR count). The van der Waals surface area contributed by atoms with Crippen LogP contribution in [0.5, 0.6) is 0 Å². The summed E-state index contributed by atoms with van der Waals surface area (Å²) in [4.78, 5) is 25.4. The molecule has 2 aliphatic rings. The summed E-state index contributed by atoms with van der Waals surface area (Å²) < 4.78 is 5.85. The van der Waals surface area contributed by atoms with Crippen molar-refractivity contribution in [3.8, 4) is 0 Å². The molecule has 1 aliphatic carbocycles. The zero-order valence-electron chi connectivity index (χ0n) is 11.9. The standard InChI is InChI=1S/C13H17N3O3S2/c1-3-10(17)16(8-4-5-8)12-14-15-13(21-12)20-9-6-7(2)19-11(9)18/h7-9H,3-6H2,1-2H3/t7-,9+/m1/s1. The van der Waals surface area contributed by atoms with Crippen molar-refractivity contribution in [2.24, 2.45) is 0 Å². The summed E-state index contributed by atoms with van der Waals surface area (Å²) in [6.45, 7) is 3.74. The molecule has 8 heteroatoms. The van der Waals surface area contributed by atoms with Gasteiger partial charge in [0.25, 0.3) is 0 Å². The second-order valence-electron chi connectivity index (χ2n) is 5.29. The van der Waals surface area contributed by atoms with Crippen LogP contribution < -0.4 is 4.90 Å². The quantitative estimate of drug-likeness (QED) is 0.610. The van der Waals surface area contributed by atoms with Gasteiger partial charge in [-0.25, -0.2) is 0 Å². The number of thioether (sulfide) groups is 1. The van der Waals surface area contributed by atoms with Crippen LogP contribution in [0, 0.1) is 0 Å². The second kappa shape index (κ2) is 5.92. The van der Waals surface area contributed by atoms with Gasteiger partial charge in [0.05, 0.1) is 0 Å². The Bertz CT molecular complexity index is 559. The molecule has 2 fully saturated rings. The molecule has 1 aliphatic heterocycles. The van der Waals surface area contributed by atoms with Crippen molar-refractivity contribution in [1.82, 2.24) is 10.2 Å². The van der Waals surface area contributed by atoms with Gasteiger partial charge >= 0.3 is 5.97 Å². The minimum absolute atomic E-state index is 0.0352. The van der Waals surface area contributed by atoms with Gasteiger partial charge in [-0.3, -0.25) is 14.5 Å². The molecule has 0 bridgehead atoms. The van der Waals surface area contributed by atoms with Crippen molar-refractivity contribution in [2.75, 3.05) is 4.90 Å². The molecular weight excluding hydrogens is 310 g/mol. The van der Waals surface area contributed by atoms with E-state index < -0.39 is 0 Å². The Labute approximate surface area is 131 Å². The van der Waals surface area contributed by atoms with Gasteiger partial charge in [0.2, 0.25) is 11.0 Å². The van der Waals surface area contributed by atoms with Gasteiger partial charge < -0.3 is 4.74 Å². The monoisotopic (exact) mass is 327 g/mol. The molecule has 1 saturated heterocycles. The molecule has 0 N–H and O–H groups in total. The topological polar surface area (TPSA) is 72.4 Å². The van der Waals surface area contributed by atoms with Crippen LogP contribution >= 0.6 is 23.1 Å². The summed E-state index contributed by atoms with van der Waals surface area (Å²) in [5.41, 5.74) is 0. The summed E-state index contributed by atoms with van der Waals surface area (Å²) in [5.74, 6) is -0.105. The van der Waals surface area contributed by atoms with Crippen molar-refractivity contribution in [3.63, 3.8) is 0 Å². The lowest BCUT2D eigenvalue weighted by atomic mass is 10.3. The molecule has 2 atom stereocenters. The second-order valence-corrected chi connectivity index (χ2v) is 7.69. The Morgan fingerprint density at radius 2 is 2.24 bits per heavy atom. The van der Waals surface area contributed by atoms with Crippen molar-refractivity contribution >= 4 is 40.1 Å². The predicted octanol–water partition coefficient (Wildman–Crippen LogP) is 2.24. The van der Waals surface area contributed by atoms with Gasteiger partial charge in [0.1, 0.15) is 11.4 Å². The highest BCUT2D eigenvalue weighted by Crippen LogP contribution is 2.39. The van der Waals surface area contributed by atoms with Crippen molar-refractivity contribution in [3.05, 3.63) is 0 Å². The van der Waals surface area contributed by atoms with Crippen LogP contribution in [-0.2, 0) is 14.3 Å². The van der Waals surface area contributed by atoms with Crippen molar-refractivity contribution < 1.29 is 14.3 Å². The van der Waals surface area contributed by atoms with E-state index in [9.17, 15) is 9.59 Å². The highest BCUT2D eigenvalue weighted by Gasteiger charge is 2.37. The lowest BCUT2D eigenvalue weighted by Crippen LogP contribution is -2.32. The van der Waals surface area contributed by atoms with Gasteiger partial charge in [0.15, 0.2) is 4.34 Å². The summed E-state index contributed by atoms with van der Waals surface area (Å²) in [5, 5.41) is 8.68.